The summed E-state index contributed by atoms with van der Waals surface area (Å²) in [5.41, 5.74) is 0.942. The second kappa shape index (κ2) is 5.09. The van der Waals surface area contributed by atoms with Crippen molar-refractivity contribution in [2.45, 2.75) is 18.9 Å². The lowest BCUT2D eigenvalue weighted by molar-refractivity contribution is -0.384. The van der Waals surface area contributed by atoms with Crippen molar-refractivity contribution in [3.05, 3.63) is 32.8 Å². The Labute approximate surface area is 120 Å². The van der Waals surface area contributed by atoms with Gasteiger partial charge in [-0.1, -0.05) is 15.9 Å². The molecule has 0 radical (unpaired) electrons. The number of hydrogen-bond donors (Lipinski definition) is 1. The molecule has 0 saturated carbocycles. The number of anilines is 1. The van der Waals surface area contributed by atoms with E-state index in [0.717, 1.165) is 36.2 Å². The van der Waals surface area contributed by atoms with Crippen molar-refractivity contribution < 1.29 is 4.92 Å². The Balaban J connectivity index is 1.89. The molecule has 6 heteroatoms. The molecule has 0 spiro atoms. The van der Waals surface area contributed by atoms with Gasteiger partial charge in [0, 0.05) is 29.7 Å². The first-order valence-corrected chi connectivity index (χ1v) is 7.37. The number of hydrogen-bond acceptors (Lipinski definition) is 4. The molecule has 0 aromatic heterocycles. The zero-order valence-electron chi connectivity index (χ0n) is 10.5. The van der Waals surface area contributed by atoms with E-state index < -0.39 is 0 Å². The van der Waals surface area contributed by atoms with Crippen LogP contribution < -0.4 is 10.2 Å². The molecule has 0 bridgehead atoms. The highest BCUT2D eigenvalue weighted by Gasteiger charge is 2.34. The van der Waals surface area contributed by atoms with Crippen LogP contribution in [-0.2, 0) is 0 Å². The highest BCUT2D eigenvalue weighted by atomic mass is 79.9. The number of rotatable bonds is 2. The lowest BCUT2D eigenvalue weighted by atomic mass is 9.93. The number of nitrogens with one attached hydrogen (secondary N) is 1. The monoisotopic (exact) mass is 325 g/mol. The maximum absolute atomic E-state index is 11.2. The molecule has 19 heavy (non-hydrogen) atoms. The van der Waals surface area contributed by atoms with E-state index in [9.17, 15) is 10.1 Å². The zero-order valence-corrected chi connectivity index (χ0v) is 12.1. The van der Waals surface area contributed by atoms with Gasteiger partial charge in [-0.25, -0.2) is 0 Å². The van der Waals surface area contributed by atoms with Gasteiger partial charge in [0.05, 0.1) is 4.92 Å². The Kier molecular flexibility index (Phi) is 3.45. The molecule has 0 amide bonds. The van der Waals surface area contributed by atoms with Gasteiger partial charge in [-0.3, -0.25) is 10.1 Å². The Bertz CT molecular complexity index is 509. The summed E-state index contributed by atoms with van der Waals surface area (Å²) in [7, 11) is 0. The number of nitro benzene ring substituents is 1. The van der Waals surface area contributed by atoms with E-state index in [2.05, 4.69) is 26.1 Å². The van der Waals surface area contributed by atoms with Gasteiger partial charge in [-0.15, -0.1) is 0 Å². The molecule has 1 N–H and O–H groups in total. The van der Waals surface area contributed by atoms with E-state index in [1.165, 1.54) is 6.42 Å². The van der Waals surface area contributed by atoms with Crippen molar-refractivity contribution in [1.82, 2.24) is 5.32 Å². The molecule has 2 aliphatic rings. The van der Waals surface area contributed by atoms with Crippen molar-refractivity contribution in [3.8, 4) is 0 Å². The first-order chi connectivity index (χ1) is 9.15. The fraction of sp³-hybridized carbons (Fsp3) is 0.538. The van der Waals surface area contributed by atoms with Crippen LogP contribution in [0.25, 0.3) is 0 Å². The summed E-state index contributed by atoms with van der Waals surface area (Å²) in [6.45, 7) is 2.87. The van der Waals surface area contributed by atoms with Crippen molar-refractivity contribution >= 4 is 27.3 Å². The van der Waals surface area contributed by atoms with Crippen LogP contribution >= 0.6 is 15.9 Å². The third-order valence-corrected chi connectivity index (χ3v) is 4.62. The minimum atomic E-state index is -0.291. The number of fused-ring (bicyclic) bond motifs is 1. The summed E-state index contributed by atoms with van der Waals surface area (Å²) in [6.07, 6.45) is 2.23. The van der Waals surface area contributed by atoms with Gasteiger partial charge in [0.1, 0.15) is 5.69 Å². The van der Waals surface area contributed by atoms with Crippen LogP contribution in [0, 0.1) is 16.0 Å². The Morgan fingerprint density at radius 3 is 3.05 bits per heavy atom. The molecule has 2 unspecified atom stereocenters. The average Bonchev–Trinajstić information content (AvgIpc) is 2.85. The van der Waals surface area contributed by atoms with Crippen molar-refractivity contribution in [2.24, 2.45) is 5.92 Å². The Morgan fingerprint density at radius 2 is 2.26 bits per heavy atom. The molecular weight excluding hydrogens is 310 g/mol. The standard InChI is InChI=1S/C13H16BrN3O2/c14-10-1-2-12(17(18)19)13(7-10)16-6-4-11-9(8-16)3-5-15-11/h1-2,7,9,11,15H,3-6,8H2. The fourth-order valence-electron chi connectivity index (χ4n) is 3.17. The molecule has 2 heterocycles. The average molecular weight is 326 g/mol. The number of piperidine rings is 1. The predicted molar refractivity (Wildman–Crippen MR) is 77.5 cm³/mol. The maximum atomic E-state index is 11.2. The SMILES string of the molecule is O=[N+]([O-])c1ccc(Br)cc1N1CCC2NCCC2C1. The Hall–Kier alpha value is -1.14. The van der Waals surface area contributed by atoms with Gasteiger partial charge in [0.15, 0.2) is 0 Å². The van der Waals surface area contributed by atoms with Gasteiger partial charge in [0.25, 0.3) is 5.69 Å². The number of halogens is 1. The molecule has 3 rings (SSSR count). The number of benzene rings is 1. The molecule has 2 fully saturated rings. The maximum Gasteiger partial charge on any atom is 0.292 e. The summed E-state index contributed by atoms with van der Waals surface area (Å²) in [4.78, 5) is 13.0. The second-order valence-corrected chi connectivity index (χ2v) is 6.15. The van der Waals surface area contributed by atoms with E-state index in [1.807, 2.05) is 6.07 Å². The number of nitro groups is 1. The molecule has 1 aromatic carbocycles. The van der Waals surface area contributed by atoms with Crippen LogP contribution in [0.15, 0.2) is 22.7 Å². The van der Waals surface area contributed by atoms with E-state index >= 15 is 0 Å². The smallest absolute Gasteiger partial charge is 0.292 e. The number of nitrogens with zero attached hydrogens (tertiary/aromatic N) is 2. The molecular formula is C13H16BrN3O2. The van der Waals surface area contributed by atoms with Crippen LogP contribution in [0.1, 0.15) is 12.8 Å². The topological polar surface area (TPSA) is 58.4 Å². The Morgan fingerprint density at radius 1 is 1.42 bits per heavy atom. The van der Waals surface area contributed by atoms with E-state index in [0.29, 0.717) is 12.0 Å². The highest BCUT2D eigenvalue weighted by molar-refractivity contribution is 9.10. The third kappa shape index (κ3) is 2.47. The molecule has 0 aliphatic carbocycles. The van der Waals surface area contributed by atoms with Gasteiger partial charge in [-0.2, -0.15) is 0 Å². The van der Waals surface area contributed by atoms with E-state index in [-0.39, 0.29) is 10.6 Å². The lowest BCUT2D eigenvalue weighted by Gasteiger charge is -2.36. The molecule has 1 aromatic rings. The van der Waals surface area contributed by atoms with Gasteiger partial charge in [0.2, 0.25) is 0 Å². The van der Waals surface area contributed by atoms with Crippen LogP contribution in [0.5, 0.6) is 0 Å². The van der Waals surface area contributed by atoms with Crippen LogP contribution in [0.2, 0.25) is 0 Å². The van der Waals surface area contributed by atoms with E-state index in [1.54, 1.807) is 12.1 Å². The first-order valence-electron chi connectivity index (χ1n) is 6.57. The van der Waals surface area contributed by atoms with Gasteiger partial charge < -0.3 is 10.2 Å². The zero-order chi connectivity index (χ0) is 13.4. The van der Waals surface area contributed by atoms with Crippen molar-refractivity contribution in [2.75, 3.05) is 24.5 Å². The van der Waals surface area contributed by atoms with Gasteiger partial charge >= 0.3 is 0 Å². The summed E-state index contributed by atoms with van der Waals surface area (Å²) in [5, 5.41) is 14.7. The highest BCUT2D eigenvalue weighted by Crippen LogP contribution is 2.35. The molecule has 2 atom stereocenters. The van der Waals surface area contributed by atoms with Gasteiger partial charge in [-0.05, 0) is 37.4 Å². The van der Waals surface area contributed by atoms with Crippen molar-refractivity contribution in [1.29, 1.82) is 0 Å². The summed E-state index contributed by atoms with van der Waals surface area (Å²) in [6, 6.07) is 5.77. The fourth-order valence-corrected chi connectivity index (χ4v) is 3.52. The summed E-state index contributed by atoms with van der Waals surface area (Å²) >= 11 is 3.41. The quantitative estimate of drug-likeness (QED) is 0.670. The predicted octanol–water partition coefficient (Wildman–Crippen LogP) is 2.55. The minimum Gasteiger partial charge on any atom is -0.366 e. The van der Waals surface area contributed by atoms with Crippen LogP contribution in [0.4, 0.5) is 11.4 Å². The normalized spacial score (nSPS) is 26.3. The first kappa shape index (κ1) is 12.9. The lowest BCUT2D eigenvalue weighted by Crippen LogP contribution is -2.44. The summed E-state index contributed by atoms with van der Waals surface area (Å²) in [5.74, 6) is 0.618. The third-order valence-electron chi connectivity index (χ3n) is 4.13. The summed E-state index contributed by atoms with van der Waals surface area (Å²) < 4.78 is 0.889. The largest absolute Gasteiger partial charge is 0.366 e. The van der Waals surface area contributed by atoms with Crippen LogP contribution in [-0.4, -0.2) is 30.6 Å². The second-order valence-electron chi connectivity index (χ2n) is 5.23. The van der Waals surface area contributed by atoms with E-state index in [4.69, 9.17) is 0 Å². The molecule has 2 aliphatic heterocycles. The molecule has 5 nitrogen and oxygen atoms in total. The minimum absolute atomic E-state index is 0.201. The molecule has 102 valence electrons. The van der Waals surface area contributed by atoms with Crippen molar-refractivity contribution in [3.63, 3.8) is 0 Å². The molecule has 2 saturated heterocycles. The van der Waals surface area contributed by atoms with Crippen LogP contribution in [0.3, 0.4) is 0 Å².